The lowest BCUT2D eigenvalue weighted by molar-refractivity contribution is -0.138. The summed E-state index contributed by atoms with van der Waals surface area (Å²) in [6.07, 6.45) is 19.7. The molecule has 2 atom stereocenters. The molecule has 1 aliphatic heterocycles. The van der Waals surface area contributed by atoms with Crippen LogP contribution in [0.2, 0.25) is 0 Å². The van der Waals surface area contributed by atoms with Crippen LogP contribution in [0.25, 0.3) is 0 Å². The van der Waals surface area contributed by atoms with Gasteiger partial charge in [0.2, 0.25) is 0 Å². The van der Waals surface area contributed by atoms with Crippen LogP contribution < -0.4 is 14.2 Å². The van der Waals surface area contributed by atoms with Crippen LogP contribution >= 0.6 is 0 Å². The van der Waals surface area contributed by atoms with Crippen molar-refractivity contribution >= 4 is 18.0 Å². The fourth-order valence-corrected chi connectivity index (χ4v) is 5.57. The summed E-state index contributed by atoms with van der Waals surface area (Å²) in [5.74, 6) is 0.323. The summed E-state index contributed by atoms with van der Waals surface area (Å²) in [4.78, 5) is 37.7. The van der Waals surface area contributed by atoms with Gasteiger partial charge in [-0.2, -0.15) is 0 Å². The first-order chi connectivity index (χ1) is 19.6. The van der Waals surface area contributed by atoms with Crippen LogP contribution in [0, 0.1) is 5.92 Å². The monoisotopic (exact) mass is 570 g/mol. The second kappa shape index (κ2) is 18.0. The van der Waals surface area contributed by atoms with E-state index >= 15 is 0 Å². The molecule has 6 heteroatoms. The Bertz CT molecular complexity index is 1020. The van der Waals surface area contributed by atoms with Gasteiger partial charge >= 0.3 is 5.97 Å². The summed E-state index contributed by atoms with van der Waals surface area (Å²) in [6, 6.07) is 1.61. The first-order valence-corrected chi connectivity index (χ1v) is 15.9. The van der Waals surface area contributed by atoms with Crippen molar-refractivity contribution < 1.29 is 28.6 Å². The third-order valence-electron chi connectivity index (χ3n) is 8.04. The Morgan fingerprint density at radius 3 is 2.10 bits per heavy atom. The second-order valence-corrected chi connectivity index (χ2v) is 12.3. The number of aldehydes is 1. The van der Waals surface area contributed by atoms with E-state index in [0.29, 0.717) is 30.6 Å². The molecule has 1 aromatic rings. The van der Waals surface area contributed by atoms with E-state index in [4.69, 9.17) is 14.2 Å². The van der Waals surface area contributed by atoms with Crippen LogP contribution in [-0.2, 0) is 16.0 Å². The van der Waals surface area contributed by atoms with E-state index in [-0.39, 0.29) is 35.4 Å². The number of hydrogen-bond donors (Lipinski definition) is 0. The predicted molar refractivity (Wildman–Crippen MR) is 165 cm³/mol. The second-order valence-electron chi connectivity index (χ2n) is 12.3. The van der Waals surface area contributed by atoms with E-state index in [9.17, 15) is 14.4 Å². The van der Waals surface area contributed by atoms with Crippen molar-refractivity contribution in [1.29, 1.82) is 0 Å². The number of ether oxygens (including phenoxy) is 3. The molecular weight excluding hydrogens is 516 g/mol. The Kier molecular flexibility index (Phi) is 15.2. The zero-order valence-electron chi connectivity index (χ0n) is 26.6. The maximum absolute atomic E-state index is 13.0. The fourth-order valence-electron chi connectivity index (χ4n) is 5.57. The summed E-state index contributed by atoms with van der Waals surface area (Å²) >= 11 is 0. The van der Waals surface area contributed by atoms with E-state index in [2.05, 4.69) is 6.92 Å². The molecule has 0 fully saturated rings. The van der Waals surface area contributed by atoms with E-state index in [1.54, 1.807) is 19.3 Å². The van der Waals surface area contributed by atoms with Gasteiger partial charge in [0.15, 0.2) is 12.1 Å². The molecule has 0 N–H and O–H groups in total. The third-order valence-corrected chi connectivity index (χ3v) is 8.04. The van der Waals surface area contributed by atoms with Crippen LogP contribution in [-0.4, -0.2) is 30.7 Å². The molecule has 0 amide bonds. The minimum atomic E-state index is -0.774. The van der Waals surface area contributed by atoms with Crippen molar-refractivity contribution in [2.45, 2.75) is 143 Å². The predicted octanol–water partition coefficient (Wildman–Crippen LogP) is 9.15. The summed E-state index contributed by atoms with van der Waals surface area (Å²) in [5, 5.41) is 0. The zero-order valence-corrected chi connectivity index (χ0v) is 26.6. The molecule has 2 rings (SSSR count). The number of unbranched alkanes of at least 4 members (excludes halogenated alkanes) is 11. The number of allylic oxidation sites excluding steroid dienone is 2. The van der Waals surface area contributed by atoms with Crippen molar-refractivity contribution in [1.82, 2.24) is 0 Å². The Hall–Kier alpha value is -2.63. The first kappa shape index (κ1) is 34.6. The number of carbonyl (C=O) groups is 3. The molecular formula is C35H54O6. The van der Waals surface area contributed by atoms with Gasteiger partial charge < -0.3 is 14.2 Å². The lowest BCUT2D eigenvalue weighted by Gasteiger charge is -2.36. The number of esters is 1. The highest BCUT2D eigenvalue weighted by atomic mass is 16.5. The van der Waals surface area contributed by atoms with E-state index in [0.717, 1.165) is 30.4 Å². The van der Waals surface area contributed by atoms with Crippen molar-refractivity contribution in [2.24, 2.45) is 5.92 Å². The SMILES string of the molecule is CCCCCCCCCCCCCCC(C)C(=O)Oc1cc(OC)c2c(c1C=O)OC(C)(CC(=O)C=C(C)C)CC2. The molecule has 1 aromatic carbocycles. The molecule has 0 spiro atoms. The number of benzene rings is 1. The third kappa shape index (κ3) is 11.6. The molecule has 0 bridgehead atoms. The highest BCUT2D eigenvalue weighted by molar-refractivity contribution is 5.91. The van der Waals surface area contributed by atoms with Gasteiger partial charge in [-0.05, 0) is 46.1 Å². The topological polar surface area (TPSA) is 78.9 Å². The van der Waals surface area contributed by atoms with Crippen molar-refractivity contribution in [2.75, 3.05) is 7.11 Å². The summed E-state index contributed by atoms with van der Waals surface area (Å²) in [7, 11) is 1.55. The number of methoxy groups -OCH3 is 1. The molecule has 6 nitrogen and oxygen atoms in total. The number of rotatable bonds is 20. The van der Waals surface area contributed by atoms with Crippen molar-refractivity contribution in [3.8, 4) is 17.2 Å². The van der Waals surface area contributed by atoms with Gasteiger partial charge in [-0.1, -0.05) is 96.5 Å². The van der Waals surface area contributed by atoms with Gasteiger partial charge in [0.1, 0.15) is 22.8 Å². The molecule has 0 saturated carbocycles. The highest BCUT2D eigenvalue weighted by Crippen LogP contribution is 2.45. The largest absolute Gasteiger partial charge is 0.496 e. The molecule has 1 aliphatic rings. The van der Waals surface area contributed by atoms with Gasteiger partial charge in [0.25, 0.3) is 0 Å². The van der Waals surface area contributed by atoms with Crippen LogP contribution in [0.1, 0.15) is 147 Å². The van der Waals surface area contributed by atoms with Gasteiger partial charge in [-0.15, -0.1) is 0 Å². The normalized spacial score (nSPS) is 16.7. The van der Waals surface area contributed by atoms with Crippen LogP contribution in [0.5, 0.6) is 17.2 Å². The average Bonchev–Trinajstić information content (AvgIpc) is 2.92. The maximum Gasteiger partial charge on any atom is 0.314 e. The number of hydrogen-bond acceptors (Lipinski definition) is 6. The van der Waals surface area contributed by atoms with Gasteiger partial charge in [0, 0.05) is 18.1 Å². The summed E-state index contributed by atoms with van der Waals surface area (Å²) in [6.45, 7) is 9.77. The van der Waals surface area contributed by atoms with E-state index in [1.807, 2.05) is 27.7 Å². The Morgan fingerprint density at radius 1 is 0.976 bits per heavy atom. The van der Waals surface area contributed by atoms with Crippen LogP contribution in [0.4, 0.5) is 0 Å². The van der Waals surface area contributed by atoms with E-state index in [1.165, 1.54) is 64.2 Å². The molecule has 41 heavy (non-hydrogen) atoms. The molecule has 1 heterocycles. The van der Waals surface area contributed by atoms with Crippen LogP contribution in [0.15, 0.2) is 17.7 Å². The number of ketones is 1. The zero-order chi connectivity index (χ0) is 30.3. The maximum atomic E-state index is 13.0. The minimum absolute atomic E-state index is 0.0234. The fraction of sp³-hybridized carbons (Fsp3) is 0.686. The van der Waals surface area contributed by atoms with Crippen molar-refractivity contribution in [3.63, 3.8) is 0 Å². The van der Waals surface area contributed by atoms with Gasteiger partial charge in [0.05, 0.1) is 18.6 Å². The standard InChI is InChI=1S/C35H54O6/c1-7-8-9-10-11-12-13-14-15-16-17-18-19-27(4)34(38)40-32-23-31(39-6)29-20-21-35(5,24-28(37)22-26(2)3)41-33(29)30(32)25-36/h22-23,25,27H,7-21,24H2,1-6H3. The summed E-state index contributed by atoms with van der Waals surface area (Å²) in [5.41, 5.74) is 1.10. The molecule has 2 unspecified atom stereocenters. The Labute approximate surface area is 248 Å². The molecule has 0 radical (unpaired) electrons. The van der Waals surface area contributed by atoms with Crippen LogP contribution in [0.3, 0.4) is 0 Å². The molecule has 0 aliphatic carbocycles. The lowest BCUT2D eigenvalue weighted by Crippen LogP contribution is -2.39. The number of fused-ring (bicyclic) bond motifs is 1. The quantitative estimate of drug-likeness (QED) is 0.0511. The average molecular weight is 571 g/mol. The lowest BCUT2D eigenvalue weighted by atomic mass is 9.86. The first-order valence-electron chi connectivity index (χ1n) is 15.9. The smallest absolute Gasteiger partial charge is 0.314 e. The minimum Gasteiger partial charge on any atom is -0.496 e. The van der Waals surface area contributed by atoms with Gasteiger partial charge in [-0.25, -0.2) is 0 Å². The Morgan fingerprint density at radius 2 is 1.56 bits per heavy atom. The Balaban J connectivity index is 1.91. The van der Waals surface area contributed by atoms with Gasteiger partial charge in [-0.3, -0.25) is 14.4 Å². The summed E-state index contributed by atoms with van der Waals surface area (Å²) < 4.78 is 17.7. The molecule has 0 saturated heterocycles. The molecule has 0 aromatic heterocycles. The highest BCUT2D eigenvalue weighted by Gasteiger charge is 2.37. The van der Waals surface area contributed by atoms with Crippen molar-refractivity contribution in [3.05, 3.63) is 28.8 Å². The molecule has 230 valence electrons. The number of carbonyl (C=O) groups excluding carboxylic acids is 3. The van der Waals surface area contributed by atoms with E-state index < -0.39 is 5.60 Å².